The van der Waals surface area contributed by atoms with Gasteiger partial charge < -0.3 is 15.2 Å². The van der Waals surface area contributed by atoms with Crippen molar-refractivity contribution in [2.75, 3.05) is 18.7 Å². The Bertz CT molecular complexity index is 287. The Kier molecular flexibility index (Phi) is 3.66. The number of hydrogen-bond donors (Lipinski definition) is 2. The fraction of sp³-hybridized carbons (Fsp3) is 0.429. The summed E-state index contributed by atoms with van der Waals surface area (Å²) in [6, 6.07) is 0. The third-order valence-electron chi connectivity index (χ3n) is 1.25. The van der Waals surface area contributed by atoms with Crippen LogP contribution in [-0.2, 0) is 4.74 Å². The largest absolute Gasteiger partial charge is 0.476 e. The molecule has 2 N–H and O–H groups in total. The summed E-state index contributed by atoms with van der Waals surface area (Å²) in [7, 11) is 0. The zero-order chi connectivity index (χ0) is 9.68. The van der Waals surface area contributed by atoms with Crippen molar-refractivity contribution in [3.8, 4) is 0 Å². The van der Waals surface area contributed by atoms with E-state index in [1.165, 1.54) is 16.7 Å². The van der Waals surface area contributed by atoms with Crippen molar-refractivity contribution in [3.05, 3.63) is 11.1 Å². The first kappa shape index (κ1) is 9.94. The van der Waals surface area contributed by atoms with Crippen LogP contribution in [0.3, 0.4) is 0 Å². The van der Waals surface area contributed by atoms with Crippen LogP contribution in [0.4, 0.5) is 5.13 Å². The summed E-state index contributed by atoms with van der Waals surface area (Å²) in [5.74, 6) is -1.01. The number of carboxylic acids is 1. The number of hydrogen-bond acceptors (Lipinski definition) is 5. The lowest BCUT2D eigenvalue weighted by atomic mass is 10.5. The molecule has 0 atom stereocenters. The third-order valence-corrected chi connectivity index (χ3v) is 2.05. The van der Waals surface area contributed by atoms with Gasteiger partial charge in [0.25, 0.3) is 0 Å². The SMILES string of the molecule is CCOCNc1nc(C(=O)O)cs1. The van der Waals surface area contributed by atoms with Gasteiger partial charge in [0.1, 0.15) is 6.73 Å². The Hall–Kier alpha value is -1.14. The van der Waals surface area contributed by atoms with Crippen LogP contribution in [-0.4, -0.2) is 29.4 Å². The molecule has 1 rings (SSSR count). The second kappa shape index (κ2) is 4.78. The van der Waals surface area contributed by atoms with Gasteiger partial charge in [-0.25, -0.2) is 9.78 Å². The van der Waals surface area contributed by atoms with Crippen LogP contribution in [0.15, 0.2) is 5.38 Å². The summed E-state index contributed by atoms with van der Waals surface area (Å²) in [5.41, 5.74) is 0.0593. The summed E-state index contributed by atoms with van der Waals surface area (Å²) in [4.78, 5) is 14.2. The highest BCUT2D eigenvalue weighted by atomic mass is 32.1. The first-order valence-corrected chi connectivity index (χ1v) is 4.62. The standard InChI is InChI=1S/C7H10N2O3S/c1-2-12-4-8-7-9-5(3-13-7)6(10)11/h3H,2,4H2,1H3,(H,8,9)(H,10,11). The molecule has 5 nitrogen and oxygen atoms in total. The van der Waals surface area contributed by atoms with Gasteiger partial charge in [-0.2, -0.15) is 0 Å². The molecule has 1 aromatic rings. The summed E-state index contributed by atoms with van der Waals surface area (Å²) in [5, 5.41) is 13.4. The average molecular weight is 202 g/mol. The minimum absolute atomic E-state index is 0.0593. The van der Waals surface area contributed by atoms with Gasteiger partial charge in [-0.15, -0.1) is 11.3 Å². The molecular formula is C7H10N2O3S. The highest BCUT2D eigenvalue weighted by molar-refractivity contribution is 7.13. The lowest BCUT2D eigenvalue weighted by Crippen LogP contribution is -2.05. The number of ether oxygens (including phenoxy) is 1. The monoisotopic (exact) mass is 202 g/mol. The first-order chi connectivity index (χ1) is 6.24. The van der Waals surface area contributed by atoms with E-state index in [9.17, 15) is 4.79 Å². The van der Waals surface area contributed by atoms with Crippen molar-refractivity contribution in [2.24, 2.45) is 0 Å². The van der Waals surface area contributed by atoms with Crippen molar-refractivity contribution < 1.29 is 14.6 Å². The van der Waals surface area contributed by atoms with E-state index in [0.29, 0.717) is 18.5 Å². The molecule has 1 aromatic heterocycles. The van der Waals surface area contributed by atoms with Gasteiger partial charge in [0.05, 0.1) is 0 Å². The third kappa shape index (κ3) is 3.00. The van der Waals surface area contributed by atoms with Crippen LogP contribution in [0.5, 0.6) is 0 Å². The predicted molar refractivity (Wildman–Crippen MR) is 49.2 cm³/mol. The van der Waals surface area contributed by atoms with Crippen molar-refractivity contribution in [2.45, 2.75) is 6.92 Å². The summed E-state index contributed by atoms with van der Waals surface area (Å²) >= 11 is 1.25. The summed E-state index contributed by atoms with van der Waals surface area (Å²) in [6.45, 7) is 2.85. The Balaban J connectivity index is 2.44. The number of carboxylic acid groups (broad SMARTS) is 1. The zero-order valence-electron chi connectivity index (χ0n) is 7.11. The molecule has 0 amide bonds. The van der Waals surface area contributed by atoms with Crippen molar-refractivity contribution in [3.63, 3.8) is 0 Å². The van der Waals surface area contributed by atoms with Crippen molar-refractivity contribution in [1.82, 2.24) is 4.98 Å². The zero-order valence-corrected chi connectivity index (χ0v) is 7.93. The molecule has 0 aromatic carbocycles. The maximum Gasteiger partial charge on any atom is 0.355 e. The molecule has 72 valence electrons. The lowest BCUT2D eigenvalue weighted by Gasteiger charge is -2.00. The van der Waals surface area contributed by atoms with E-state index < -0.39 is 5.97 Å². The van der Waals surface area contributed by atoms with E-state index in [1.807, 2.05) is 6.92 Å². The van der Waals surface area contributed by atoms with E-state index in [2.05, 4.69) is 10.3 Å². The number of thiazole rings is 1. The topological polar surface area (TPSA) is 71.5 Å². The number of aromatic carboxylic acids is 1. The van der Waals surface area contributed by atoms with Crippen molar-refractivity contribution in [1.29, 1.82) is 0 Å². The van der Waals surface area contributed by atoms with Gasteiger partial charge in [-0.1, -0.05) is 0 Å². The minimum Gasteiger partial charge on any atom is -0.476 e. The molecule has 0 bridgehead atoms. The minimum atomic E-state index is -1.01. The second-order valence-corrected chi connectivity index (χ2v) is 3.02. The predicted octanol–water partition coefficient (Wildman–Crippen LogP) is 1.25. The highest BCUT2D eigenvalue weighted by Gasteiger charge is 2.07. The number of carbonyl (C=O) groups is 1. The average Bonchev–Trinajstić information content (AvgIpc) is 2.53. The molecule has 0 aliphatic rings. The molecule has 0 aliphatic heterocycles. The number of aromatic nitrogens is 1. The van der Waals surface area contributed by atoms with Crippen molar-refractivity contribution >= 4 is 22.4 Å². The van der Waals surface area contributed by atoms with Gasteiger partial charge in [0.15, 0.2) is 10.8 Å². The van der Waals surface area contributed by atoms with Crippen LogP contribution < -0.4 is 5.32 Å². The van der Waals surface area contributed by atoms with Crippen LogP contribution >= 0.6 is 11.3 Å². The molecular weight excluding hydrogens is 192 g/mol. The van der Waals surface area contributed by atoms with Crippen LogP contribution in [0.25, 0.3) is 0 Å². The van der Waals surface area contributed by atoms with Gasteiger partial charge in [0, 0.05) is 12.0 Å². The van der Waals surface area contributed by atoms with E-state index in [4.69, 9.17) is 9.84 Å². The first-order valence-electron chi connectivity index (χ1n) is 3.74. The maximum atomic E-state index is 10.4. The van der Waals surface area contributed by atoms with Crippen LogP contribution in [0.1, 0.15) is 17.4 Å². The van der Waals surface area contributed by atoms with E-state index >= 15 is 0 Å². The molecule has 0 spiro atoms. The van der Waals surface area contributed by atoms with Gasteiger partial charge in [0.2, 0.25) is 0 Å². The van der Waals surface area contributed by atoms with E-state index in [0.717, 1.165) is 0 Å². The Morgan fingerprint density at radius 2 is 2.62 bits per heavy atom. The Morgan fingerprint density at radius 1 is 1.85 bits per heavy atom. The second-order valence-electron chi connectivity index (χ2n) is 2.16. The number of nitrogens with one attached hydrogen (secondary N) is 1. The molecule has 0 saturated carbocycles. The summed E-state index contributed by atoms with van der Waals surface area (Å²) < 4.78 is 5.02. The highest BCUT2D eigenvalue weighted by Crippen LogP contribution is 2.14. The number of rotatable bonds is 5. The van der Waals surface area contributed by atoms with E-state index in [1.54, 1.807) is 0 Å². The lowest BCUT2D eigenvalue weighted by molar-refractivity contribution is 0.0691. The Morgan fingerprint density at radius 3 is 3.15 bits per heavy atom. The normalized spacial score (nSPS) is 9.92. The summed E-state index contributed by atoms with van der Waals surface area (Å²) in [6.07, 6.45) is 0. The van der Waals surface area contributed by atoms with Crippen LogP contribution in [0, 0.1) is 0 Å². The quantitative estimate of drug-likeness (QED) is 0.555. The Labute approximate surface area is 79.4 Å². The molecule has 0 radical (unpaired) electrons. The smallest absolute Gasteiger partial charge is 0.355 e. The number of anilines is 1. The fourth-order valence-electron chi connectivity index (χ4n) is 0.668. The number of nitrogens with zero attached hydrogens (tertiary/aromatic N) is 1. The molecule has 13 heavy (non-hydrogen) atoms. The molecule has 0 unspecified atom stereocenters. The fourth-order valence-corrected chi connectivity index (χ4v) is 1.34. The van der Waals surface area contributed by atoms with E-state index in [-0.39, 0.29) is 5.69 Å². The van der Waals surface area contributed by atoms with Gasteiger partial charge >= 0.3 is 5.97 Å². The molecule has 0 fully saturated rings. The molecule has 1 heterocycles. The van der Waals surface area contributed by atoms with Gasteiger partial charge in [-0.05, 0) is 6.92 Å². The molecule has 6 heteroatoms. The van der Waals surface area contributed by atoms with Gasteiger partial charge in [-0.3, -0.25) is 0 Å². The van der Waals surface area contributed by atoms with Crippen LogP contribution in [0.2, 0.25) is 0 Å². The maximum absolute atomic E-state index is 10.4. The molecule has 0 saturated heterocycles. The molecule has 0 aliphatic carbocycles.